The molecule has 88 valence electrons. The molecule has 1 aromatic carbocycles. The zero-order valence-electron chi connectivity index (χ0n) is 9.75. The van der Waals surface area contributed by atoms with Crippen molar-refractivity contribution in [2.45, 2.75) is 18.7 Å². The van der Waals surface area contributed by atoms with Gasteiger partial charge in [0.1, 0.15) is 0 Å². The van der Waals surface area contributed by atoms with Gasteiger partial charge in [0.2, 0.25) is 5.91 Å². The zero-order valence-corrected chi connectivity index (χ0v) is 10.6. The maximum atomic E-state index is 11.4. The van der Waals surface area contributed by atoms with E-state index in [1.54, 1.807) is 11.8 Å². The molecule has 3 nitrogen and oxygen atoms in total. The number of nitrogens with two attached hydrogens (primary N) is 1. The SMILES string of the molecule is Cc1ccc(C)c(SCC(=O)NCCN)c1. The Bertz CT molecular complexity index is 366. The molecule has 4 heteroatoms. The van der Waals surface area contributed by atoms with E-state index in [1.165, 1.54) is 16.0 Å². The Balaban J connectivity index is 2.47. The number of rotatable bonds is 5. The van der Waals surface area contributed by atoms with Crippen LogP contribution in [0.2, 0.25) is 0 Å². The van der Waals surface area contributed by atoms with Crippen LogP contribution < -0.4 is 11.1 Å². The van der Waals surface area contributed by atoms with E-state index in [-0.39, 0.29) is 5.91 Å². The average molecular weight is 238 g/mol. The summed E-state index contributed by atoms with van der Waals surface area (Å²) >= 11 is 1.57. The summed E-state index contributed by atoms with van der Waals surface area (Å²) in [5.41, 5.74) is 7.73. The standard InChI is InChI=1S/C12H18N2OS/c1-9-3-4-10(2)11(7-9)16-8-12(15)14-6-5-13/h3-4,7H,5-6,8,13H2,1-2H3,(H,14,15). The van der Waals surface area contributed by atoms with Gasteiger partial charge in [-0.25, -0.2) is 0 Å². The molecule has 0 aliphatic rings. The van der Waals surface area contributed by atoms with E-state index < -0.39 is 0 Å². The Morgan fingerprint density at radius 2 is 2.19 bits per heavy atom. The molecular weight excluding hydrogens is 220 g/mol. The Labute approximate surface area is 101 Å². The molecule has 1 rings (SSSR count). The minimum absolute atomic E-state index is 0.0383. The maximum absolute atomic E-state index is 11.4. The lowest BCUT2D eigenvalue weighted by molar-refractivity contribution is -0.118. The molecular formula is C12H18N2OS. The predicted molar refractivity (Wildman–Crippen MR) is 68.7 cm³/mol. The van der Waals surface area contributed by atoms with Gasteiger partial charge in [0.15, 0.2) is 0 Å². The molecule has 0 fully saturated rings. The average Bonchev–Trinajstić information content (AvgIpc) is 2.27. The fraction of sp³-hybridized carbons (Fsp3) is 0.417. The Morgan fingerprint density at radius 3 is 2.88 bits per heavy atom. The number of amides is 1. The van der Waals surface area contributed by atoms with Crippen molar-refractivity contribution in [1.29, 1.82) is 0 Å². The van der Waals surface area contributed by atoms with Gasteiger partial charge in [0, 0.05) is 18.0 Å². The van der Waals surface area contributed by atoms with E-state index in [1.807, 2.05) is 0 Å². The fourth-order valence-electron chi connectivity index (χ4n) is 1.27. The summed E-state index contributed by atoms with van der Waals surface area (Å²) in [5, 5.41) is 2.75. The molecule has 0 aromatic heterocycles. The summed E-state index contributed by atoms with van der Waals surface area (Å²) < 4.78 is 0. The lowest BCUT2D eigenvalue weighted by atomic mass is 10.2. The van der Waals surface area contributed by atoms with Crippen molar-refractivity contribution in [3.05, 3.63) is 29.3 Å². The largest absolute Gasteiger partial charge is 0.354 e. The Kier molecular flexibility index (Phi) is 5.35. The minimum atomic E-state index is 0.0383. The second-order valence-electron chi connectivity index (χ2n) is 3.70. The molecule has 0 atom stereocenters. The van der Waals surface area contributed by atoms with E-state index in [4.69, 9.17) is 5.73 Å². The van der Waals surface area contributed by atoms with Crippen molar-refractivity contribution in [2.75, 3.05) is 18.8 Å². The molecule has 0 spiro atoms. The summed E-state index contributed by atoms with van der Waals surface area (Å²) in [5.74, 6) is 0.487. The third kappa shape index (κ3) is 4.24. The first-order valence-electron chi connectivity index (χ1n) is 5.30. The number of carbonyl (C=O) groups is 1. The van der Waals surface area contributed by atoms with E-state index in [9.17, 15) is 4.79 Å². The van der Waals surface area contributed by atoms with Crippen molar-refractivity contribution < 1.29 is 4.79 Å². The Hall–Kier alpha value is -1.00. The molecule has 0 radical (unpaired) electrons. The smallest absolute Gasteiger partial charge is 0.230 e. The molecule has 0 saturated heterocycles. The highest BCUT2D eigenvalue weighted by atomic mass is 32.2. The zero-order chi connectivity index (χ0) is 12.0. The van der Waals surface area contributed by atoms with Gasteiger partial charge in [0.25, 0.3) is 0 Å². The molecule has 1 amide bonds. The number of hydrogen-bond acceptors (Lipinski definition) is 3. The Morgan fingerprint density at radius 1 is 1.44 bits per heavy atom. The van der Waals surface area contributed by atoms with Crippen molar-refractivity contribution in [2.24, 2.45) is 5.73 Å². The minimum Gasteiger partial charge on any atom is -0.354 e. The molecule has 0 heterocycles. The van der Waals surface area contributed by atoms with Crippen LogP contribution in [0, 0.1) is 13.8 Å². The molecule has 0 aliphatic heterocycles. The van der Waals surface area contributed by atoms with Crippen molar-refractivity contribution in [1.82, 2.24) is 5.32 Å². The summed E-state index contributed by atoms with van der Waals surface area (Å²) in [6.07, 6.45) is 0. The first-order chi connectivity index (χ1) is 7.63. The highest BCUT2D eigenvalue weighted by molar-refractivity contribution is 8.00. The first-order valence-corrected chi connectivity index (χ1v) is 6.29. The first kappa shape index (κ1) is 13.1. The van der Waals surface area contributed by atoms with Gasteiger partial charge in [-0.1, -0.05) is 17.7 Å². The number of nitrogens with one attached hydrogen (secondary N) is 1. The number of thioether (sulfide) groups is 1. The van der Waals surface area contributed by atoms with E-state index in [0.29, 0.717) is 18.8 Å². The summed E-state index contributed by atoms with van der Waals surface area (Å²) in [4.78, 5) is 12.6. The molecule has 1 aromatic rings. The normalized spacial score (nSPS) is 10.2. The molecule has 0 aliphatic carbocycles. The van der Waals surface area contributed by atoms with Gasteiger partial charge in [-0.2, -0.15) is 0 Å². The summed E-state index contributed by atoms with van der Waals surface area (Å²) in [6, 6.07) is 6.26. The maximum Gasteiger partial charge on any atom is 0.230 e. The van der Waals surface area contributed by atoms with Gasteiger partial charge in [-0.05, 0) is 25.5 Å². The van der Waals surface area contributed by atoms with Crippen LogP contribution in [0.5, 0.6) is 0 Å². The summed E-state index contributed by atoms with van der Waals surface area (Å²) in [6.45, 7) is 5.14. The van der Waals surface area contributed by atoms with Crippen molar-refractivity contribution in [3.63, 3.8) is 0 Å². The number of carbonyl (C=O) groups excluding carboxylic acids is 1. The highest BCUT2D eigenvalue weighted by Gasteiger charge is 2.04. The highest BCUT2D eigenvalue weighted by Crippen LogP contribution is 2.23. The molecule has 3 N–H and O–H groups in total. The van der Waals surface area contributed by atoms with Crippen LogP contribution >= 0.6 is 11.8 Å². The number of hydrogen-bond donors (Lipinski definition) is 2. The molecule has 0 saturated carbocycles. The molecule has 0 unspecified atom stereocenters. The van der Waals surface area contributed by atoms with Gasteiger partial charge < -0.3 is 11.1 Å². The second-order valence-corrected chi connectivity index (χ2v) is 4.71. The molecule has 16 heavy (non-hydrogen) atoms. The van der Waals surface area contributed by atoms with Crippen LogP contribution in [0.15, 0.2) is 23.1 Å². The van der Waals surface area contributed by atoms with Gasteiger partial charge >= 0.3 is 0 Å². The predicted octanol–water partition coefficient (Wildman–Crippen LogP) is 1.47. The van der Waals surface area contributed by atoms with E-state index in [0.717, 1.165) is 0 Å². The molecule has 0 bridgehead atoms. The number of benzene rings is 1. The van der Waals surface area contributed by atoms with Crippen LogP contribution in [0.4, 0.5) is 0 Å². The van der Waals surface area contributed by atoms with Gasteiger partial charge in [-0.3, -0.25) is 4.79 Å². The quantitative estimate of drug-likeness (QED) is 0.764. The summed E-state index contributed by atoms with van der Waals surface area (Å²) in [7, 11) is 0. The second kappa shape index (κ2) is 6.55. The van der Waals surface area contributed by atoms with Crippen LogP contribution in [-0.4, -0.2) is 24.7 Å². The van der Waals surface area contributed by atoms with Crippen molar-refractivity contribution in [3.8, 4) is 0 Å². The number of aryl methyl sites for hydroxylation is 2. The lowest BCUT2D eigenvalue weighted by Crippen LogP contribution is -2.30. The third-order valence-electron chi connectivity index (χ3n) is 2.17. The lowest BCUT2D eigenvalue weighted by Gasteiger charge is -2.07. The topological polar surface area (TPSA) is 55.1 Å². The monoisotopic (exact) mass is 238 g/mol. The van der Waals surface area contributed by atoms with Crippen LogP contribution in [-0.2, 0) is 4.79 Å². The van der Waals surface area contributed by atoms with Crippen LogP contribution in [0.3, 0.4) is 0 Å². The van der Waals surface area contributed by atoms with E-state index in [2.05, 4.69) is 37.4 Å². The third-order valence-corrected chi connectivity index (χ3v) is 3.33. The van der Waals surface area contributed by atoms with Crippen molar-refractivity contribution >= 4 is 17.7 Å². The van der Waals surface area contributed by atoms with Crippen LogP contribution in [0.25, 0.3) is 0 Å². The fourth-order valence-corrected chi connectivity index (χ4v) is 2.22. The van der Waals surface area contributed by atoms with Crippen LogP contribution in [0.1, 0.15) is 11.1 Å². The van der Waals surface area contributed by atoms with E-state index >= 15 is 0 Å². The van der Waals surface area contributed by atoms with Gasteiger partial charge in [0.05, 0.1) is 5.75 Å². The van der Waals surface area contributed by atoms with Gasteiger partial charge in [-0.15, -0.1) is 11.8 Å².